The Morgan fingerprint density at radius 1 is 0.897 bits per heavy atom. The summed E-state index contributed by atoms with van der Waals surface area (Å²) in [5.74, 6) is -1.71. The number of aliphatic hydroxyl groups excluding tert-OH is 1. The van der Waals surface area contributed by atoms with Gasteiger partial charge in [-0.25, -0.2) is 4.79 Å². The number of methoxy groups -OCH3 is 3. The van der Waals surface area contributed by atoms with Crippen LogP contribution in [0.3, 0.4) is 0 Å². The monoisotopic (exact) mass is 529 g/mol. The van der Waals surface area contributed by atoms with Crippen LogP contribution in [0.1, 0.15) is 53.9 Å². The van der Waals surface area contributed by atoms with E-state index in [1.165, 1.54) is 32.3 Å². The van der Waals surface area contributed by atoms with Crippen molar-refractivity contribution in [2.24, 2.45) is 0 Å². The number of aliphatic hydroxyl groups is 1. The van der Waals surface area contributed by atoms with Crippen LogP contribution in [0.25, 0.3) is 5.76 Å². The maximum absolute atomic E-state index is 13.6. The Kier molecular flexibility index (Phi) is 7.49. The average Bonchev–Trinajstić information content (AvgIpc) is 3.21. The zero-order valence-corrected chi connectivity index (χ0v) is 22.8. The lowest BCUT2D eigenvalue weighted by Crippen LogP contribution is -2.29. The highest BCUT2D eigenvalue weighted by Crippen LogP contribution is 2.44. The molecule has 1 aliphatic heterocycles. The van der Waals surface area contributed by atoms with Gasteiger partial charge in [0.05, 0.1) is 44.1 Å². The first-order chi connectivity index (χ1) is 18.5. The number of amides is 1. The molecule has 1 amide bonds. The van der Waals surface area contributed by atoms with Crippen LogP contribution in [0.2, 0.25) is 0 Å². The van der Waals surface area contributed by atoms with Crippen LogP contribution in [0.4, 0.5) is 5.69 Å². The van der Waals surface area contributed by atoms with Crippen LogP contribution in [0, 0.1) is 0 Å². The van der Waals surface area contributed by atoms with Crippen LogP contribution < -0.4 is 14.4 Å². The molecule has 1 fully saturated rings. The summed E-state index contributed by atoms with van der Waals surface area (Å²) >= 11 is 0. The van der Waals surface area contributed by atoms with Gasteiger partial charge < -0.3 is 19.3 Å². The van der Waals surface area contributed by atoms with Crippen LogP contribution in [0.5, 0.6) is 11.5 Å². The standard InChI is InChI=1S/C31H31NO7/c1-31(2,3)20-12-15-24(38-5)23(17-20)27(33)25-26(18-10-13-22(37-4)14-11-18)32(29(35)28(25)34)21-9-7-8-19(16-21)30(36)39-6/h7-17,26,33H,1-6H3/b27-25+. The summed E-state index contributed by atoms with van der Waals surface area (Å²) in [6, 6.07) is 17.5. The molecule has 4 rings (SSSR count). The number of esters is 1. The molecule has 1 unspecified atom stereocenters. The highest BCUT2D eigenvalue weighted by molar-refractivity contribution is 6.51. The highest BCUT2D eigenvalue weighted by Gasteiger charge is 2.47. The third-order valence-electron chi connectivity index (χ3n) is 6.74. The fourth-order valence-electron chi connectivity index (χ4n) is 4.61. The van der Waals surface area contributed by atoms with Gasteiger partial charge in [0.1, 0.15) is 17.3 Å². The van der Waals surface area contributed by atoms with Gasteiger partial charge in [-0.15, -0.1) is 0 Å². The van der Waals surface area contributed by atoms with E-state index in [0.717, 1.165) is 5.56 Å². The van der Waals surface area contributed by atoms with Gasteiger partial charge in [0.25, 0.3) is 11.7 Å². The Hall–Kier alpha value is -4.59. The van der Waals surface area contributed by atoms with Crippen molar-refractivity contribution in [3.8, 4) is 11.5 Å². The van der Waals surface area contributed by atoms with Gasteiger partial charge in [0.15, 0.2) is 0 Å². The summed E-state index contributed by atoms with van der Waals surface area (Å²) in [5.41, 5.74) is 1.93. The molecule has 0 spiro atoms. The number of rotatable bonds is 6. The first-order valence-electron chi connectivity index (χ1n) is 12.3. The minimum atomic E-state index is -0.994. The number of hydrogen-bond donors (Lipinski definition) is 1. The zero-order valence-electron chi connectivity index (χ0n) is 22.8. The fraction of sp³-hybridized carbons (Fsp3) is 0.258. The van der Waals surface area contributed by atoms with E-state index < -0.39 is 23.7 Å². The molecule has 3 aromatic carbocycles. The number of Topliss-reactive ketones (excluding diaryl/α,β-unsaturated/α-hetero) is 1. The molecule has 8 nitrogen and oxygen atoms in total. The lowest BCUT2D eigenvalue weighted by molar-refractivity contribution is -0.132. The molecule has 1 heterocycles. The average molecular weight is 530 g/mol. The van der Waals surface area contributed by atoms with E-state index in [4.69, 9.17) is 14.2 Å². The molecule has 0 aromatic heterocycles. The van der Waals surface area contributed by atoms with E-state index in [1.807, 2.05) is 26.8 Å². The predicted molar refractivity (Wildman–Crippen MR) is 147 cm³/mol. The predicted octanol–water partition coefficient (Wildman–Crippen LogP) is 5.41. The van der Waals surface area contributed by atoms with Crippen LogP contribution in [-0.4, -0.2) is 44.1 Å². The topological polar surface area (TPSA) is 102 Å². The van der Waals surface area contributed by atoms with Gasteiger partial charge >= 0.3 is 5.97 Å². The van der Waals surface area contributed by atoms with Gasteiger partial charge in [-0.3, -0.25) is 14.5 Å². The van der Waals surface area contributed by atoms with Crippen molar-refractivity contribution >= 4 is 29.1 Å². The van der Waals surface area contributed by atoms with E-state index in [1.54, 1.807) is 54.6 Å². The fourth-order valence-corrected chi connectivity index (χ4v) is 4.61. The summed E-state index contributed by atoms with van der Waals surface area (Å²) in [6.45, 7) is 6.09. The number of carbonyl (C=O) groups excluding carboxylic acids is 3. The summed E-state index contributed by atoms with van der Waals surface area (Å²) in [7, 11) is 4.27. The summed E-state index contributed by atoms with van der Waals surface area (Å²) in [4.78, 5) is 40.6. The van der Waals surface area contributed by atoms with Crippen LogP contribution >= 0.6 is 0 Å². The van der Waals surface area contributed by atoms with Crippen molar-refractivity contribution in [2.75, 3.05) is 26.2 Å². The number of carbonyl (C=O) groups is 3. The van der Waals surface area contributed by atoms with Crippen molar-refractivity contribution in [3.63, 3.8) is 0 Å². The smallest absolute Gasteiger partial charge is 0.337 e. The summed E-state index contributed by atoms with van der Waals surface area (Å²) < 4.78 is 15.6. The van der Waals surface area contributed by atoms with E-state index >= 15 is 0 Å². The largest absolute Gasteiger partial charge is 0.507 e. The summed E-state index contributed by atoms with van der Waals surface area (Å²) in [6.07, 6.45) is 0. The molecule has 8 heteroatoms. The quantitative estimate of drug-likeness (QED) is 0.197. The van der Waals surface area contributed by atoms with Gasteiger partial charge in [0.2, 0.25) is 0 Å². The number of hydrogen-bond acceptors (Lipinski definition) is 7. The number of anilines is 1. The van der Waals surface area contributed by atoms with Gasteiger partial charge in [0, 0.05) is 5.69 Å². The first-order valence-corrected chi connectivity index (χ1v) is 12.3. The number of ketones is 1. The molecule has 202 valence electrons. The molecule has 3 aromatic rings. The molecule has 0 bridgehead atoms. The lowest BCUT2D eigenvalue weighted by Gasteiger charge is -2.26. The molecule has 1 N–H and O–H groups in total. The zero-order chi connectivity index (χ0) is 28.5. The lowest BCUT2D eigenvalue weighted by atomic mass is 9.85. The minimum absolute atomic E-state index is 0.0991. The van der Waals surface area contributed by atoms with Crippen LogP contribution in [-0.2, 0) is 19.7 Å². The normalized spacial score (nSPS) is 16.8. The molecule has 1 atom stereocenters. The van der Waals surface area contributed by atoms with Gasteiger partial charge in [-0.05, 0) is 59.0 Å². The molecular formula is C31H31NO7. The third-order valence-corrected chi connectivity index (χ3v) is 6.74. The Morgan fingerprint density at radius 2 is 1.59 bits per heavy atom. The Morgan fingerprint density at radius 3 is 2.18 bits per heavy atom. The molecule has 1 aliphatic rings. The van der Waals surface area contributed by atoms with Crippen molar-refractivity contribution < 1.29 is 33.7 Å². The van der Waals surface area contributed by atoms with E-state index in [9.17, 15) is 19.5 Å². The molecule has 1 saturated heterocycles. The van der Waals surface area contributed by atoms with Crippen molar-refractivity contribution in [3.05, 3.63) is 94.6 Å². The maximum atomic E-state index is 13.6. The molecule has 0 radical (unpaired) electrons. The second-order valence-corrected chi connectivity index (χ2v) is 10.1. The Balaban J connectivity index is 1.99. The Labute approximate surface area is 227 Å². The van der Waals surface area contributed by atoms with E-state index in [2.05, 4.69) is 0 Å². The maximum Gasteiger partial charge on any atom is 0.337 e. The van der Waals surface area contributed by atoms with E-state index in [0.29, 0.717) is 28.3 Å². The number of ether oxygens (including phenoxy) is 3. The molecular weight excluding hydrogens is 498 g/mol. The SMILES string of the molecule is COC(=O)c1cccc(N2C(=O)C(=O)/C(=C(/O)c3cc(C(C)(C)C)ccc3OC)C2c2ccc(OC)cc2)c1. The molecule has 0 saturated carbocycles. The van der Waals surface area contributed by atoms with Gasteiger partial charge in [-0.1, -0.05) is 45.0 Å². The van der Waals surface area contributed by atoms with E-state index in [-0.39, 0.29) is 22.3 Å². The number of nitrogens with zero attached hydrogens (tertiary/aromatic N) is 1. The Bertz CT molecular complexity index is 1460. The third kappa shape index (κ3) is 5.10. The highest BCUT2D eigenvalue weighted by atomic mass is 16.5. The van der Waals surface area contributed by atoms with Crippen molar-refractivity contribution in [1.82, 2.24) is 0 Å². The van der Waals surface area contributed by atoms with Gasteiger partial charge in [-0.2, -0.15) is 0 Å². The van der Waals surface area contributed by atoms with Crippen molar-refractivity contribution in [2.45, 2.75) is 32.2 Å². The second-order valence-electron chi connectivity index (χ2n) is 10.1. The number of benzene rings is 3. The van der Waals surface area contributed by atoms with Crippen molar-refractivity contribution in [1.29, 1.82) is 0 Å². The summed E-state index contributed by atoms with van der Waals surface area (Å²) in [5, 5.41) is 11.7. The second kappa shape index (κ2) is 10.6. The molecule has 39 heavy (non-hydrogen) atoms. The minimum Gasteiger partial charge on any atom is -0.507 e. The first kappa shape index (κ1) is 27.4. The van der Waals surface area contributed by atoms with Crippen LogP contribution in [0.15, 0.2) is 72.3 Å². The molecule has 0 aliphatic carbocycles.